The summed E-state index contributed by atoms with van der Waals surface area (Å²) >= 11 is 0. The van der Waals surface area contributed by atoms with Crippen molar-refractivity contribution in [2.24, 2.45) is 0 Å². The van der Waals surface area contributed by atoms with E-state index < -0.39 is 0 Å². The van der Waals surface area contributed by atoms with Gasteiger partial charge in [-0.05, 0) is 31.5 Å². The van der Waals surface area contributed by atoms with E-state index in [1.165, 1.54) is 0 Å². The molecule has 3 rings (SSSR count). The molecule has 0 aliphatic heterocycles. The number of hydrogen-bond acceptors (Lipinski definition) is 3. The third-order valence-corrected chi connectivity index (χ3v) is 3.88. The summed E-state index contributed by atoms with van der Waals surface area (Å²) in [6.45, 7) is 4.06. The van der Waals surface area contributed by atoms with Crippen molar-refractivity contribution >= 4 is 5.97 Å². The van der Waals surface area contributed by atoms with Gasteiger partial charge in [0.2, 0.25) is 0 Å². The van der Waals surface area contributed by atoms with E-state index in [1.54, 1.807) is 0 Å². The first-order valence-electron chi connectivity index (χ1n) is 8.05. The van der Waals surface area contributed by atoms with Crippen molar-refractivity contribution in [3.63, 3.8) is 0 Å². The Morgan fingerprint density at radius 3 is 2.29 bits per heavy atom. The van der Waals surface area contributed by atoms with Crippen LogP contribution in [0.5, 0.6) is 0 Å². The summed E-state index contributed by atoms with van der Waals surface area (Å²) in [5.74, 6) is -0.317. The molecule has 0 spiro atoms. The highest BCUT2D eigenvalue weighted by Gasteiger charge is 2.23. The molecule has 0 amide bonds. The average Bonchev–Trinajstić information content (AvgIpc) is 2.93. The van der Waals surface area contributed by atoms with Gasteiger partial charge in [-0.3, -0.25) is 0 Å². The summed E-state index contributed by atoms with van der Waals surface area (Å²) < 4.78 is 7.05. The molecule has 122 valence electrons. The number of rotatable bonds is 5. The lowest BCUT2D eigenvalue weighted by Gasteiger charge is -2.05. The van der Waals surface area contributed by atoms with Gasteiger partial charge in [-0.15, -0.1) is 0 Å². The van der Waals surface area contributed by atoms with Gasteiger partial charge in [-0.2, -0.15) is 5.10 Å². The summed E-state index contributed by atoms with van der Waals surface area (Å²) in [7, 11) is 0. The molecule has 1 heterocycles. The average molecular weight is 320 g/mol. The van der Waals surface area contributed by atoms with E-state index in [1.807, 2.05) is 79.2 Å². The normalized spacial score (nSPS) is 10.6. The molecule has 0 aliphatic carbocycles. The van der Waals surface area contributed by atoms with E-state index in [2.05, 4.69) is 0 Å². The van der Waals surface area contributed by atoms with Crippen LogP contribution in [0.2, 0.25) is 0 Å². The van der Waals surface area contributed by atoms with Gasteiger partial charge in [0.1, 0.15) is 5.56 Å². The van der Waals surface area contributed by atoms with Gasteiger partial charge in [0.05, 0.1) is 23.7 Å². The van der Waals surface area contributed by atoms with E-state index >= 15 is 0 Å². The van der Waals surface area contributed by atoms with Crippen LogP contribution >= 0.6 is 0 Å². The van der Waals surface area contributed by atoms with Gasteiger partial charge < -0.3 is 4.74 Å². The molecule has 3 aromatic rings. The molecule has 24 heavy (non-hydrogen) atoms. The lowest BCUT2D eigenvalue weighted by atomic mass is 10.1. The second kappa shape index (κ2) is 7.13. The van der Waals surface area contributed by atoms with Crippen molar-refractivity contribution in [3.05, 3.63) is 83.2 Å². The molecule has 2 aromatic carbocycles. The number of para-hydroxylation sites is 1. The first-order valence-corrected chi connectivity index (χ1v) is 8.05. The third-order valence-electron chi connectivity index (χ3n) is 3.88. The van der Waals surface area contributed by atoms with Gasteiger partial charge in [0, 0.05) is 6.42 Å². The van der Waals surface area contributed by atoms with Crippen LogP contribution in [0, 0.1) is 6.92 Å². The minimum Gasteiger partial charge on any atom is -0.462 e. The van der Waals surface area contributed by atoms with Gasteiger partial charge in [-0.25, -0.2) is 9.48 Å². The van der Waals surface area contributed by atoms with Crippen LogP contribution in [0.1, 0.15) is 34.2 Å². The zero-order chi connectivity index (χ0) is 16.9. The molecule has 0 saturated carbocycles. The molecule has 4 nitrogen and oxygen atoms in total. The van der Waals surface area contributed by atoms with Crippen molar-refractivity contribution in [2.75, 3.05) is 6.61 Å². The Bertz CT molecular complexity index is 824. The SMILES string of the molecule is CCOC(=O)c1c(Cc2ccccc2)nn(-c2ccccc2)c1C. The highest BCUT2D eigenvalue weighted by Crippen LogP contribution is 2.22. The number of carbonyl (C=O) groups is 1. The Hall–Kier alpha value is -2.88. The maximum absolute atomic E-state index is 12.4. The fourth-order valence-corrected chi connectivity index (χ4v) is 2.76. The molecular formula is C20H20N2O2. The smallest absolute Gasteiger partial charge is 0.341 e. The molecular weight excluding hydrogens is 300 g/mol. The standard InChI is InChI=1S/C20H20N2O2/c1-3-24-20(23)19-15(2)22(17-12-8-5-9-13-17)21-18(19)14-16-10-6-4-7-11-16/h4-13H,3,14H2,1-2H3. The van der Waals surface area contributed by atoms with Crippen LogP contribution in [0.3, 0.4) is 0 Å². The third kappa shape index (κ3) is 3.23. The second-order valence-electron chi connectivity index (χ2n) is 5.54. The number of hydrogen-bond donors (Lipinski definition) is 0. The monoisotopic (exact) mass is 320 g/mol. The number of ether oxygens (including phenoxy) is 1. The van der Waals surface area contributed by atoms with Crippen LogP contribution in [-0.2, 0) is 11.2 Å². The molecule has 4 heteroatoms. The van der Waals surface area contributed by atoms with Crippen LogP contribution in [0.4, 0.5) is 0 Å². The molecule has 0 radical (unpaired) electrons. The molecule has 0 atom stereocenters. The summed E-state index contributed by atoms with van der Waals surface area (Å²) in [5, 5.41) is 4.69. The first kappa shape index (κ1) is 16.0. The van der Waals surface area contributed by atoms with Crippen molar-refractivity contribution < 1.29 is 9.53 Å². The van der Waals surface area contributed by atoms with Crippen LogP contribution in [-0.4, -0.2) is 22.4 Å². The van der Waals surface area contributed by atoms with Crippen LogP contribution in [0.15, 0.2) is 60.7 Å². The van der Waals surface area contributed by atoms with Gasteiger partial charge in [0.15, 0.2) is 0 Å². The minimum absolute atomic E-state index is 0.317. The van der Waals surface area contributed by atoms with E-state index in [4.69, 9.17) is 9.84 Å². The fourth-order valence-electron chi connectivity index (χ4n) is 2.76. The predicted molar refractivity (Wildman–Crippen MR) is 93.5 cm³/mol. The van der Waals surface area contributed by atoms with Crippen molar-refractivity contribution in [1.82, 2.24) is 9.78 Å². The van der Waals surface area contributed by atoms with Gasteiger partial charge in [-0.1, -0.05) is 48.5 Å². The Morgan fingerprint density at radius 1 is 1.04 bits per heavy atom. The first-order chi connectivity index (χ1) is 11.7. The molecule has 0 fully saturated rings. The molecule has 0 N–H and O–H groups in total. The molecule has 0 aliphatic rings. The topological polar surface area (TPSA) is 44.1 Å². The van der Waals surface area contributed by atoms with E-state index in [0.717, 1.165) is 22.6 Å². The zero-order valence-electron chi connectivity index (χ0n) is 13.9. The summed E-state index contributed by atoms with van der Waals surface area (Å²) in [6.07, 6.45) is 0.593. The van der Waals surface area contributed by atoms with Gasteiger partial charge >= 0.3 is 5.97 Å². The largest absolute Gasteiger partial charge is 0.462 e. The van der Waals surface area contributed by atoms with Crippen molar-refractivity contribution in [2.45, 2.75) is 20.3 Å². The van der Waals surface area contributed by atoms with E-state index in [9.17, 15) is 4.79 Å². The number of nitrogens with zero attached hydrogens (tertiary/aromatic N) is 2. The van der Waals surface area contributed by atoms with E-state index in [-0.39, 0.29) is 5.97 Å². The van der Waals surface area contributed by atoms with Crippen LogP contribution < -0.4 is 0 Å². The predicted octanol–water partition coefficient (Wildman–Crippen LogP) is 3.95. The Balaban J connectivity index is 2.07. The van der Waals surface area contributed by atoms with Crippen molar-refractivity contribution in [1.29, 1.82) is 0 Å². The number of benzene rings is 2. The number of esters is 1. The molecule has 1 aromatic heterocycles. The van der Waals surface area contributed by atoms with Crippen molar-refractivity contribution in [3.8, 4) is 5.69 Å². The zero-order valence-corrected chi connectivity index (χ0v) is 13.9. The molecule has 0 saturated heterocycles. The minimum atomic E-state index is -0.317. The number of aromatic nitrogens is 2. The maximum Gasteiger partial charge on any atom is 0.341 e. The highest BCUT2D eigenvalue weighted by atomic mass is 16.5. The Kier molecular flexibility index (Phi) is 4.75. The molecule has 0 unspecified atom stereocenters. The summed E-state index contributed by atoms with van der Waals surface area (Å²) in [6, 6.07) is 19.8. The van der Waals surface area contributed by atoms with E-state index in [0.29, 0.717) is 18.6 Å². The maximum atomic E-state index is 12.4. The van der Waals surface area contributed by atoms with Gasteiger partial charge in [0.25, 0.3) is 0 Å². The second-order valence-corrected chi connectivity index (χ2v) is 5.54. The number of carbonyl (C=O) groups excluding carboxylic acids is 1. The highest BCUT2D eigenvalue weighted by molar-refractivity contribution is 5.92. The van der Waals surface area contributed by atoms with Crippen LogP contribution in [0.25, 0.3) is 5.69 Å². The lowest BCUT2D eigenvalue weighted by Crippen LogP contribution is -2.09. The quantitative estimate of drug-likeness (QED) is 0.669. The lowest BCUT2D eigenvalue weighted by molar-refractivity contribution is 0.0524. The molecule has 0 bridgehead atoms. The summed E-state index contributed by atoms with van der Waals surface area (Å²) in [5.41, 5.74) is 4.14. The summed E-state index contributed by atoms with van der Waals surface area (Å²) in [4.78, 5) is 12.4. The Morgan fingerprint density at radius 2 is 1.67 bits per heavy atom. The fraction of sp³-hybridized carbons (Fsp3) is 0.200. The Labute approximate surface area is 141 Å².